The number of thioether (sulfide) groups is 1. The summed E-state index contributed by atoms with van der Waals surface area (Å²) >= 11 is 6.31. The van der Waals surface area contributed by atoms with Crippen molar-refractivity contribution >= 4 is 60.8 Å². The molecular weight excluding hydrogens is 530 g/mol. The monoisotopic (exact) mass is 555 g/mol. The first-order valence-corrected chi connectivity index (χ1v) is 13.7. The lowest BCUT2D eigenvalue weighted by molar-refractivity contribution is -0.113. The first-order valence-electron chi connectivity index (χ1n) is 11.1. The Morgan fingerprint density at radius 1 is 1.18 bits per heavy atom. The molecule has 1 N–H and O–H groups in total. The summed E-state index contributed by atoms with van der Waals surface area (Å²) in [4.78, 5) is 33.3. The fraction of sp³-hybridized carbons (Fsp3) is 0.269. The summed E-state index contributed by atoms with van der Waals surface area (Å²) in [6, 6.07) is 13.5. The van der Waals surface area contributed by atoms with Crippen LogP contribution >= 0.6 is 39.0 Å². The van der Waals surface area contributed by atoms with Crippen molar-refractivity contribution in [2.45, 2.75) is 45.7 Å². The Labute approximate surface area is 215 Å². The van der Waals surface area contributed by atoms with Crippen molar-refractivity contribution in [3.63, 3.8) is 0 Å². The first kappa shape index (κ1) is 24.7. The van der Waals surface area contributed by atoms with Gasteiger partial charge in [-0.2, -0.15) is 0 Å². The van der Waals surface area contributed by atoms with Crippen LogP contribution in [0.2, 0.25) is 0 Å². The van der Waals surface area contributed by atoms with Crippen LogP contribution in [0.1, 0.15) is 34.9 Å². The van der Waals surface area contributed by atoms with Gasteiger partial charge in [0.1, 0.15) is 4.83 Å². The molecule has 0 aliphatic heterocycles. The van der Waals surface area contributed by atoms with E-state index in [1.807, 2.05) is 63.2 Å². The van der Waals surface area contributed by atoms with Crippen molar-refractivity contribution in [2.24, 2.45) is 0 Å². The maximum absolute atomic E-state index is 13.7. The van der Waals surface area contributed by atoms with Crippen LogP contribution in [-0.4, -0.2) is 21.2 Å². The van der Waals surface area contributed by atoms with E-state index in [4.69, 9.17) is 4.98 Å². The molecule has 34 heavy (non-hydrogen) atoms. The van der Waals surface area contributed by atoms with E-state index < -0.39 is 0 Å². The smallest absolute Gasteiger partial charge is 0.267 e. The quantitative estimate of drug-likeness (QED) is 0.201. The number of aromatic nitrogens is 2. The van der Waals surface area contributed by atoms with E-state index in [1.54, 1.807) is 15.9 Å². The number of hydrogen-bond acceptors (Lipinski definition) is 5. The Balaban J connectivity index is 1.72. The zero-order chi connectivity index (χ0) is 24.4. The molecular formula is C26H26BrN3O2S2. The molecule has 0 radical (unpaired) electrons. The second kappa shape index (κ2) is 10.5. The van der Waals surface area contributed by atoms with Crippen molar-refractivity contribution in [1.82, 2.24) is 9.55 Å². The number of carbonyl (C=O) groups is 1. The number of amides is 1. The van der Waals surface area contributed by atoms with Gasteiger partial charge in [0.05, 0.1) is 16.8 Å². The molecule has 0 bridgehead atoms. The van der Waals surface area contributed by atoms with Crippen LogP contribution in [0.5, 0.6) is 0 Å². The van der Waals surface area contributed by atoms with E-state index in [0.717, 1.165) is 50.2 Å². The summed E-state index contributed by atoms with van der Waals surface area (Å²) in [7, 11) is 0. The standard InChI is InChI=1S/C26H26BrN3O2S2/c1-5-7-21-17(4)23-24(34-21)29-26(30(25(23)32)19-9-6-8-15(2)12-19)33-14-22(31)28-20-11-10-18(27)13-16(20)3/h6,8-13H,5,7,14H2,1-4H3,(H,28,31). The van der Waals surface area contributed by atoms with Crippen LogP contribution < -0.4 is 10.9 Å². The van der Waals surface area contributed by atoms with Gasteiger partial charge in [-0.25, -0.2) is 4.98 Å². The van der Waals surface area contributed by atoms with Gasteiger partial charge >= 0.3 is 0 Å². The number of aryl methyl sites for hydroxylation is 4. The molecule has 0 saturated carbocycles. The summed E-state index contributed by atoms with van der Waals surface area (Å²) in [6.45, 7) is 8.09. The van der Waals surface area contributed by atoms with Crippen molar-refractivity contribution < 1.29 is 4.79 Å². The zero-order valence-corrected chi connectivity index (χ0v) is 22.8. The summed E-state index contributed by atoms with van der Waals surface area (Å²) in [5, 5.41) is 4.16. The second-order valence-electron chi connectivity index (χ2n) is 8.25. The van der Waals surface area contributed by atoms with Crippen molar-refractivity contribution in [2.75, 3.05) is 11.1 Å². The zero-order valence-electron chi connectivity index (χ0n) is 19.6. The highest BCUT2D eigenvalue weighted by Crippen LogP contribution is 2.31. The topological polar surface area (TPSA) is 64.0 Å². The molecule has 8 heteroatoms. The third-order valence-corrected chi connectivity index (χ3v) is 8.24. The highest BCUT2D eigenvalue weighted by molar-refractivity contribution is 9.10. The normalized spacial score (nSPS) is 11.2. The van der Waals surface area contributed by atoms with E-state index in [1.165, 1.54) is 16.6 Å². The van der Waals surface area contributed by atoms with Gasteiger partial charge in [-0.3, -0.25) is 14.2 Å². The van der Waals surface area contributed by atoms with Crippen molar-refractivity contribution in [3.05, 3.63) is 78.9 Å². The van der Waals surface area contributed by atoms with Gasteiger partial charge in [-0.1, -0.05) is 53.2 Å². The Morgan fingerprint density at radius 3 is 2.68 bits per heavy atom. The molecule has 5 nitrogen and oxygen atoms in total. The Hall–Kier alpha value is -2.42. The molecule has 2 heterocycles. The minimum Gasteiger partial charge on any atom is -0.325 e. The minimum absolute atomic E-state index is 0.0848. The Morgan fingerprint density at radius 2 is 1.97 bits per heavy atom. The van der Waals surface area contributed by atoms with Crippen LogP contribution in [0.15, 0.2) is 56.9 Å². The number of anilines is 1. The molecule has 0 fully saturated rings. The molecule has 2 aromatic carbocycles. The number of rotatable bonds is 7. The van der Waals surface area contributed by atoms with E-state index in [9.17, 15) is 9.59 Å². The lowest BCUT2D eigenvalue weighted by atomic mass is 10.1. The lowest BCUT2D eigenvalue weighted by Crippen LogP contribution is -2.23. The van der Waals surface area contributed by atoms with Crippen LogP contribution in [0.25, 0.3) is 15.9 Å². The number of hydrogen-bond donors (Lipinski definition) is 1. The van der Waals surface area contributed by atoms with Gasteiger partial charge < -0.3 is 5.32 Å². The minimum atomic E-state index is -0.144. The molecule has 0 spiro atoms. The van der Waals surface area contributed by atoms with Gasteiger partial charge in [-0.15, -0.1) is 11.3 Å². The third kappa shape index (κ3) is 5.14. The maximum Gasteiger partial charge on any atom is 0.267 e. The maximum atomic E-state index is 13.7. The number of halogens is 1. The van der Waals surface area contributed by atoms with Gasteiger partial charge in [-0.05, 0) is 74.2 Å². The van der Waals surface area contributed by atoms with Crippen LogP contribution in [0.3, 0.4) is 0 Å². The Kier molecular flexibility index (Phi) is 7.60. The fourth-order valence-corrected chi connectivity index (χ4v) is 6.46. The molecule has 176 valence electrons. The Bertz CT molecular complexity index is 1440. The van der Waals surface area contributed by atoms with Gasteiger partial charge in [0.2, 0.25) is 5.91 Å². The van der Waals surface area contributed by atoms with Crippen LogP contribution in [-0.2, 0) is 11.2 Å². The highest BCUT2D eigenvalue weighted by Gasteiger charge is 2.20. The summed E-state index contributed by atoms with van der Waals surface area (Å²) in [5.74, 6) is 0.000391. The van der Waals surface area contributed by atoms with Crippen molar-refractivity contribution in [3.8, 4) is 5.69 Å². The predicted molar refractivity (Wildman–Crippen MR) is 147 cm³/mol. The average molecular weight is 557 g/mol. The fourth-order valence-electron chi connectivity index (χ4n) is 3.85. The number of fused-ring (bicyclic) bond motifs is 1. The summed E-state index contributed by atoms with van der Waals surface area (Å²) < 4.78 is 2.61. The van der Waals surface area contributed by atoms with E-state index in [0.29, 0.717) is 10.5 Å². The number of nitrogens with one attached hydrogen (secondary N) is 1. The molecule has 0 unspecified atom stereocenters. The van der Waals surface area contributed by atoms with Crippen LogP contribution in [0.4, 0.5) is 5.69 Å². The van der Waals surface area contributed by atoms with E-state index in [-0.39, 0.29) is 17.2 Å². The van der Waals surface area contributed by atoms with Crippen molar-refractivity contribution in [1.29, 1.82) is 0 Å². The number of carbonyl (C=O) groups excluding carboxylic acids is 1. The molecule has 4 aromatic rings. The molecule has 0 atom stereocenters. The average Bonchev–Trinajstić information content (AvgIpc) is 3.10. The van der Waals surface area contributed by atoms with Gasteiger partial charge in [0, 0.05) is 15.0 Å². The predicted octanol–water partition coefficient (Wildman–Crippen LogP) is 6.82. The highest BCUT2D eigenvalue weighted by atomic mass is 79.9. The molecule has 4 rings (SSSR count). The number of nitrogens with zero attached hydrogens (tertiary/aromatic N) is 2. The molecule has 2 aromatic heterocycles. The number of benzene rings is 2. The number of thiophene rings is 1. The summed E-state index contributed by atoms with van der Waals surface area (Å²) in [5.41, 5.74) is 4.48. The molecule has 0 aliphatic rings. The van der Waals surface area contributed by atoms with Gasteiger partial charge in [0.25, 0.3) is 5.56 Å². The van der Waals surface area contributed by atoms with E-state index in [2.05, 4.69) is 28.2 Å². The molecule has 1 amide bonds. The first-order chi connectivity index (χ1) is 16.3. The van der Waals surface area contributed by atoms with Crippen LogP contribution in [0, 0.1) is 20.8 Å². The molecule has 0 aliphatic carbocycles. The SMILES string of the molecule is CCCc1sc2nc(SCC(=O)Nc3ccc(Br)cc3C)n(-c3cccc(C)c3)c(=O)c2c1C. The molecule has 0 saturated heterocycles. The summed E-state index contributed by atoms with van der Waals surface area (Å²) in [6.07, 6.45) is 1.94. The van der Waals surface area contributed by atoms with Gasteiger partial charge in [0.15, 0.2) is 5.16 Å². The lowest BCUT2D eigenvalue weighted by Gasteiger charge is -2.13. The largest absolute Gasteiger partial charge is 0.325 e. The second-order valence-corrected chi connectivity index (χ2v) is 11.2. The third-order valence-electron chi connectivity index (χ3n) is 5.56. The van der Waals surface area contributed by atoms with E-state index >= 15 is 0 Å².